The second-order valence-corrected chi connectivity index (χ2v) is 5.44. The molecule has 1 amide bonds. The molecule has 0 heterocycles. The van der Waals surface area contributed by atoms with E-state index in [2.05, 4.69) is 10.4 Å². The van der Waals surface area contributed by atoms with Gasteiger partial charge in [-0.25, -0.2) is 4.79 Å². The molecule has 0 aliphatic heterocycles. The molecule has 0 saturated heterocycles. The van der Waals surface area contributed by atoms with E-state index in [0.717, 1.165) is 5.56 Å². The monoisotopic (exact) mass is 278 g/mol. The summed E-state index contributed by atoms with van der Waals surface area (Å²) in [6.45, 7) is 5.37. The molecule has 1 aromatic rings. The van der Waals surface area contributed by atoms with E-state index < -0.39 is 17.7 Å². The Balaban J connectivity index is 2.73. The number of hydrogen-bond donors (Lipinski definition) is 3. The van der Waals surface area contributed by atoms with Gasteiger partial charge in [0.15, 0.2) is 0 Å². The minimum atomic E-state index is -0.573. The molecule has 0 aromatic heterocycles. The number of amides is 1. The number of hydrogen-bond acceptors (Lipinski definition) is 4. The van der Waals surface area contributed by atoms with E-state index >= 15 is 0 Å². The lowest BCUT2D eigenvalue weighted by Gasteiger charge is -2.23. The maximum Gasteiger partial charge on any atom is 0.408 e. The lowest BCUT2D eigenvalue weighted by atomic mass is 10.1. The van der Waals surface area contributed by atoms with Crippen LogP contribution in [0.15, 0.2) is 35.4 Å². The first-order valence-corrected chi connectivity index (χ1v) is 6.38. The molecule has 5 N–H and O–H groups in total. The Bertz CT molecular complexity index is 466. The van der Waals surface area contributed by atoms with Crippen molar-refractivity contribution in [1.82, 2.24) is 5.32 Å². The van der Waals surface area contributed by atoms with Crippen LogP contribution in [0.2, 0.25) is 0 Å². The van der Waals surface area contributed by atoms with Crippen molar-refractivity contribution >= 4 is 11.9 Å². The topological polar surface area (TPSA) is 103 Å². The zero-order chi connectivity index (χ0) is 15.2. The van der Waals surface area contributed by atoms with Gasteiger partial charge in [0.25, 0.3) is 0 Å². The van der Waals surface area contributed by atoms with Crippen LogP contribution >= 0.6 is 0 Å². The molecule has 0 fully saturated rings. The van der Waals surface area contributed by atoms with Crippen molar-refractivity contribution in [2.75, 3.05) is 0 Å². The quantitative estimate of drug-likeness (QED) is 0.335. The summed E-state index contributed by atoms with van der Waals surface area (Å²) < 4.78 is 5.20. The van der Waals surface area contributed by atoms with E-state index in [1.54, 1.807) is 20.8 Å². The average Bonchev–Trinajstić information content (AvgIpc) is 2.36. The summed E-state index contributed by atoms with van der Waals surface area (Å²) in [7, 11) is 0. The first-order valence-electron chi connectivity index (χ1n) is 6.38. The van der Waals surface area contributed by atoms with E-state index in [4.69, 9.17) is 16.3 Å². The standard InChI is InChI=1S/C14H22N4O2/c1-14(2,3)20-13(19)17-11(12(15)18-16)9-10-7-5-4-6-8-10/h4-8,11H,9,16H2,1-3H3,(H2,15,18)(H,17,19). The smallest absolute Gasteiger partial charge is 0.408 e. The predicted octanol–water partition coefficient (Wildman–Crippen LogP) is 1.35. The van der Waals surface area contributed by atoms with Gasteiger partial charge >= 0.3 is 6.09 Å². The van der Waals surface area contributed by atoms with E-state index in [0.29, 0.717) is 6.42 Å². The van der Waals surface area contributed by atoms with Crippen LogP contribution < -0.4 is 16.9 Å². The van der Waals surface area contributed by atoms with E-state index in [9.17, 15) is 4.79 Å². The molecule has 0 bridgehead atoms. The summed E-state index contributed by atoms with van der Waals surface area (Å²) >= 11 is 0. The van der Waals surface area contributed by atoms with E-state index in [1.807, 2.05) is 30.3 Å². The van der Waals surface area contributed by atoms with Gasteiger partial charge in [0.1, 0.15) is 11.4 Å². The van der Waals surface area contributed by atoms with Gasteiger partial charge < -0.3 is 21.6 Å². The van der Waals surface area contributed by atoms with Crippen LogP contribution in [0.25, 0.3) is 0 Å². The van der Waals surface area contributed by atoms with Gasteiger partial charge in [-0.05, 0) is 26.3 Å². The number of ether oxygens (including phenoxy) is 1. The Labute approximate surface area is 119 Å². The maximum absolute atomic E-state index is 11.8. The summed E-state index contributed by atoms with van der Waals surface area (Å²) in [4.78, 5) is 11.8. The molecule has 110 valence electrons. The summed E-state index contributed by atoms with van der Waals surface area (Å²) in [5.41, 5.74) is 6.17. The number of carbonyl (C=O) groups excluding carboxylic acids is 1. The van der Waals surface area contributed by atoms with Crippen molar-refractivity contribution in [2.45, 2.75) is 38.8 Å². The van der Waals surface area contributed by atoms with E-state index in [1.165, 1.54) is 0 Å². The number of alkyl carbamates (subject to hydrolysis) is 1. The molecule has 0 aliphatic carbocycles. The minimum absolute atomic E-state index is 0.153. The number of benzene rings is 1. The SMILES string of the molecule is CC(C)(C)OC(=O)NC(Cc1ccccc1)/C(N)=N/N. The summed E-state index contributed by atoms with van der Waals surface area (Å²) in [6.07, 6.45) is -0.0582. The second kappa shape index (κ2) is 6.79. The number of amidine groups is 1. The third-order valence-electron chi connectivity index (χ3n) is 2.48. The molecule has 1 unspecified atom stereocenters. The average molecular weight is 278 g/mol. The van der Waals surface area contributed by atoms with Crippen LogP contribution in [0.3, 0.4) is 0 Å². The molecule has 1 aromatic carbocycles. The highest BCUT2D eigenvalue weighted by molar-refractivity contribution is 5.89. The van der Waals surface area contributed by atoms with Gasteiger partial charge in [-0.2, -0.15) is 5.10 Å². The Hall–Kier alpha value is -2.24. The largest absolute Gasteiger partial charge is 0.444 e. The molecular formula is C14H22N4O2. The zero-order valence-corrected chi connectivity index (χ0v) is 12.1. The first kappa shape index (κ1) is 15.8. The number of nitrogens with two attached hydrogens (primary N) is 2. The van der Waals surface area contributed by atoms with Gasteiger partial charge in [-0.3, -0.25) is 0 Å². The zero-order valence-electron chi connectivity index (χ0n) is 12.1. The molecule has 6 nitrogen and oxygen atoms in total. The predicted molar refractivity (Wildman–Crippen MR) is 79.1 cm³/mol. The number of nitrogens with zero attached hydrogens (tertiary/aromatic N) is 1. The summed E-state index contributed by atoms with van der Waals surface area (Å²) in [6, 6.07) is 9.12. The van der Waals surface area contributed by atoms with Crippen molar-refractivity contribution in [2.24, 2.45) is 16.7 Å². The Morgan fingerprint density at radius 1 is 1.35 bits per heavy atom. The van der Waals surface area contributed by atoms with Gasteiger partial charge in [-0.1, -0.05) is 30.3 Å². The molecule has 0 spiro atoms. The van der Waals surface area contributed by atoms with Crippen molar-refractivity contribution in [3.05, 3.63) is 35.9 Å². The lowest BCUT2D eigenvalue weighted by molar-refractivity contribution is 0.0517. The van der Waals surface area contributed by atoms with E-state index in [-0.39, 0.29) is 5.84 Å². The fourth-order valence-electron chi connectivity index (χ4n) is 1.62. The highest BCUT2D eigenvalue weighted by Gasteiger charge is 2.21. The van der Waals surface area contributed by atoms with Gasteiger partial charge in [0.05, 0.1) is 6.04 Å². The Morgan fingerprint density at radius 2 is 1.95 bits per heavy atom. The van der Waals surface area contributed by atoms with Crippen LogP contribution in [0.5, 0.6) is 0 Å². The van der Waals surface area contributed by atoms with Crippen molar-refractivity contribution < 1.29 is 9.53 Å². The van der Waals surface area contributed by atoms with Crippen molar-refractivity contribution in [3.8, 4) is 0 Å². The van der Waals surface area contributed by atoms with Crippen LogP contribution in [0.1, 0.15) is 26.3 Å². The van der Waals surface area contributed by atoms with Crippen LogP contribution in [-0.4, -0.2) is 23.6 Å². The van der Waals surface area contributed by atoms with Gasteiger partial charge in [-0.15, -0.1) is 0 Å². The minimum Gasteiger partial charge on any atom is -0.444 e. The van der Waals surface area contributed by atoms with Crippen molar-refractivity contribution in [1.29, 1.82) is 0 Å². The molecular weight excluding hydrogens is 256 g/mol. The third-order valence-corrected chi connectivity index (χ3v) is 2.48. The maximum atomic E-state index is 11.8. The highest BCUT2D eigenvalue weighted by Crippen LogP contribution is 2.08. The fourth-order valence-corrected chi connectivity index (χ4v) is 1.62. The number of rotatable bonds is 4. The Morgan fingerprint density at radius 3 is 2.45 bits per heavy atom. The first-order chi connectivity index (χ1) is 9.31. The fraction of sp³-hybridized carbons (Fsp3) is 0.429. The van der Waals surface area contributed by atoms with Crippen LogP contribution in [0.4, 0.5) is 4.79 Å². The summed E-state index contributed by atoms with van der Waals surface area (Å²) in [5.74, 6) is 5.35. The number of hydrazone groups is 1. The third kappa shape index (κ3) is 5.60. The molecule has 1 rings (SSSR count). The van der Waals surface area contributed by atoms with Gasteiger partial charge in [0, 0.05) is 6.42 Å². The highest BCUT2D eigenvalue weighted by atomic mass is 16.6. The number of nitrogens with one attached hydrogen (secondary N) is 1. The van der Waals surface area contributed by atoms with Crippen LogP contribution in [0, 0.1) is 0 Å². The van der Waals surface area contributed by atoms with Gasteiger partial charge in [0.2, 0.25) is 0 Å². The Kier molecular flexibility index (Phi) is 5.37. The summed E-state index contributed by atoms with van der Waals surface area (Å²) in [5, 5.41) is 6.13. The number of carbonyl (C=O) groups is 1. The normalized spacial score (nSPS) is 13.7. The van der Waals surface area contributed by atoms with Crippen molar-refractivity contribution in [3.63, 3.8) is 0 Å². The molecule has 1 atom stereocenters. The van der Waals surface area contributed by atoms with Crippen LogP contribution in [-0.2, 0) is 11.2 Å². The lowest BCUT2D eigenvalue weighted by Crippen LogP contribution is -2.48. The molecule has 0 aliphatic rings. The molecule has 6 heteroatoms. The molecule has 0 saturated carbocycles. The molecule has 20 heavy (non-hydrogen) atoms. The molecule has 0 radical (unpaired) electrons. The second-order valence-electron chi connectivity index (χ2n) is 5.44.